The van der Waals surface area contributed by atoms with Gasteiger partial charge in [0.15, 0.2) is 0 Å². The number of rotatable bonds is 3. The van der Waals surface area contributed by atoms with Crippen molar-refractivity contribution in [2.24, 2.45) is 5.92 Å². The number of hydrogen-bond acceptors (Lipinski definition) is 7. The molecule has 2 aromatic heterocycles. The van der Waals surface area contributed by atoms with Gasteiger partial charge in [-0.1, -0.05) is 30.3 Å². The Hall–Kier alpha value is -3.68. The molecule has 8 heteroatoms. The number of benzene rings is 1. The Morgan fingerprint density at radius 1 is 1.07 bits per heavy atom. The summed E-state index contributed by atoms with van der Waals surface area (Å²) in [5.41, 5.74) is 2.30. The number of nitrogens with zero attached hydrogens (tertiary/aromatic N) is 4. The van der Waals surface area contributed by atoms with Gasteiger partial charge in [0.1, 0.15) is 11.3 Å². The summed E-state index contributed by atoms with van der Waals surface area (Å²) in [6, 6.07) is 11.3. The molecule has 0 atom stereocenters. The fourth-order valence-corrected chi connectivity index (χ4v) is 4.23. The fourth-order valence-electron chi connectivity index (χ4n) is 4.23. The lowest BCUT2D eigenvalue weighted by atomic mass is 9.75. The molecule has 3 heterocycles. The second kappa shape index (κ2) is 7.29. The van der Waals surface area contributed by atoms with Gasteiger partial charge in [-0.2, -0.15) is 0 Å². The van der Waals surface area contributed by atoms with Crippen LogP contribution in [0.25, 0.3) is 11.3 Å². The van der Waals surface area contributed by atoms with Gasteiger partial charge in [0.2, 0.25) is 11.9 Å². The number of aromatic nitrogens is 4. The number of carbonyl (C=O) groups excluding carboxylic acids is 2. The normalized spacial score (nSPS) is 22.4. The number of nitrogens with one attached hydrogen (secondary N) is 1. The number of anilines is 1. The first-order valence-electron chi connectivity index (χ1n) is 9.88. The Morgan fingerprint density at radius 2 is 1.87 bits per heavy atom. The van der Waals surface area contributed by atoms with Gasteiger partial charge in [-0.3, -0.25) is 15.1 Å². The minimum atomic E-state index is -0.660. The maximum atomic E-state index is 12.7. The van der Waals surface area contributed by atoms with E-state index >= 15 is 0 Å². The Balaban J connectivity index is 1.23. The van der Waals surface area contributed by atoms with E-state index in [0.717, 1.165) is 11.1 Å². The van der Waals surface area contributed by atoms with E-state index in [-0.39, 0.29) is 23.7 Å². The highest BCUT2D eigenvalue weighted by atomic mass is 16.6. The maximum Gasteiger partial charge on any atom is 0.339 e. The average Bonchev–Trinajstić information content (AvgIpc) is 3.07. The van der Waals surface area contributed by atoms with Gasteiger partial charge in [0.25, 0.3) is 0 Å². The summed E-state index contributed by atoms with van der Waals surface area (Å²) in [6.07, 6.45) is 7.26. The highest BCUT2D eigenvalue weighted by Crippen LogP contribution is 2.47. The first-order valence-corrected chi connectivity index (χ1v) is 9.88. The van der Waals surface area contributed by atoms with Crippen molar-refractivity contribution in [3.63, 3.8) is 0 Å². The van der Waals surface area contributed by atoms with Crippen LogP contribution < -0.4 is 5.32 Å². The molecule has 0 saturated heterocycles. The van der Waals surface area contributed by atoms with Crippen molar-refractivity contribution >= 4 is 17.8 Å². The third-order valence-corrected chi connectivity index (χ3v) is 5.85. The van der Waals surface area contributed by atoms with Crippen LogP contribution in [0, 0.1) is 5.92 Å². The molecular weight excluding hydrogens is 382 g/mol. The van der Waals surface area contributed by atoms with E-state index < -0.39 is 5.60 Å². The van der Waals surface area contributed by atoms with Crippen molar-refractivity contribution in [3.8, 4) is 11.3 Å². The van der Waals surface area contributed by atoms with Gasteiger partial charge in [-0.05, 0) is 31.7 Å². The number of fused-ring (bicyclic) bond motifs is 2. The van der Waals surface area contributed by atoms with Crippen LogP contribution in [0.5, 0.6) is 0 Å². The zero-order valence-corrected chi connectivity index (χ0v) is 16.1. The molecule has 0 bridgehead atoms. The summed E-state index contributed by atoms with van der Waals surface area (Å²) in [5.74, 6) is -0.475. The monoisotopic (exact) mass is 401 g/mol. The molecule has 1 spiro atoms. The number of esters is 1. The molecule has 8 nitrogen and oxygen atoms in total. The van der Waals surface area contributed by atoms with Crippen molar-refractivity contribution in [1.82, 2.24) is 20.2 Å². The third-order valence-electron chi connectivity index (χ3n) is 5.85. The Morgan fingerprint density at radius 3 is 2.60 bits per heavy atom. The summed E-state index contributed by atoms with van der Waals surface area (Å²) in [6.45, 7) is 0. The van der Waals surface area contributed by atoms with Gasteiger partial charge in [-0.25, -0.2) is 9.78 Å². The molecule has 1 aromatic carbocycles. The van der Waals surface area contributed by atoms with Crippen LogP contribution in [0.1, 0.15) is 41.6 Å². The molecule has 1 aliphatic carbocycles. The van der Waals surface area contributed by atoms with Crippen LogP contribution in [0.15, 0.2) is 55.0 Å². The van der Waals surface area contributed by atoms with Crippen LogP contribution in [-0.2, 0) is 15.1 Å². The number of carbonyl (C=O) groups is 2. The maximum absolute atomic E-state index is 12.7. The van der Waals surface area contributed by atoms with E-state index in [9.17, 15) is 9.59 Å². The molecule has 5 rings (SSSR count). The van der Waals surface area contributed by atoms with E-state index in [1.807, 2.05) is 30.3 Å². The van der Waals surface area contributed by atoms with Crippen molar-refractivity contribution in [2.45, 2.75) is 31.3 Å². The first kappa shape index (κ1) is 18.4. The second-order valence-electron chi connectivity index (χ2n) is 7.60. The minimum Gasteiger partial charge on any atom is -0.450 e. The molecule has 150 valence electrons. The van der Waals surface area contributed by atoms with Gasteiger partial charge < -0.3 is 4.74 Å². The topological polar surface area (TPSA) is 107 Å². The van der Waals surface area contributed by atoms with Crippen LogP contribution >= 0.6 is 0 Å². The first-order chi connectivity index (χ1) is 14.6. The third kappa shape index (κ3) is 3.20. The molecule has 30 heavy (non-hydrogen) atoms. The predicted octanol–water partition coefficient (Wildman–Crippen LogP) is 3.13. The van der Waals surface area contributed by atoms with Gasteiger partial charge in [0.05, 0.1) is 11.8 Å². The van der Waals surface area contributed by atoms with E-state index in [1.165, 1.54) is 0 Å². The molecule has 3 aromatic rings. The van der Waals surface area contributed by atoms with Crippen molar-refractivity contribution in [3.05, 3.63) is 66.1 Å². The second-order valence-corrected chi connectivity index (χ2v) is 7.60. The zero-order valence-electron chi connectivity index (χ0n) is 16.1. The standard InChI is InChI=1S/C22H19N5O3/c28-19(25-21-24-13-18(26-27-21)14-4-2-1-3-5-14)15-6-9-22(10-7-15)17-12-23-11-8-16(17)20(29)30-22/h1-5,8,11-13,15H,6-7,9-10H2,(H,24,25,27,28). The summed E-state index contributed by atoms with van der Waals surface area (Å²) < 4.78 is 5.72. The average molecular weight is 401 g/mol. The molecule has 1 N–H and O–H groups in total. The SMILES string of the molecule is O=C1OC2(CCC(C(=O)Nc3ncc(-c4ccccc4)nn3)CC2)c2cnccc21. The summed E-state index contributed by atoms with van der Waals surface area (Å²) >= 11 is 0. The molecule has 0 radical (unpaired) electrons. The van der Waals surface area contributed by atoms with Gasteiger partial charge in [0, 0.05) is 29.4 Å². The van der Waals surface area contributed by atoms with Gasteiger partial charge in [-0.15, -0.1) is 10.2 Å². The minimum absolute atomic E-state index is 0.144. The highest BCUT2D eigenvalue weighted by molar-refractivity contribution is 5.95. The number of pyridine rings is 1. The lowest BCUT2D eigenvalue weighted by Gasteiger charge is -2.35. The Labute approximate surface area is 172 Å². The van der Waals surface area contributed by atoms with Crippen LogP contribution in [0.2, 0.25) is 0 Å². The Kier molecular flexibility index (Phi) is 4.46. The molecule has 1 saturated carbocycles. The highest BCUT2D eigenvalue weighted by Gasteiger charge is 2.48. The van der Waals surface area contributed by atoms with E-state index in [1.54, 1.807) is 24.7 Å². The summed E-state index contributed by atoms with van der Waals surface area (Å²) in [7, 11) is 0. The van der Waals surface area contributed by atoms with Gasteiger partial charge >= 0.3 is 5.97 Å². The number of hydrogen-bond donors (Lipinski definition) is 1. The van der Waals surface area contributed by atoms with Crippen molar-refractivity contribution in [1.29, 1.82) is 0 Å². The zero-order chi connectivity index (χ0) is 20.6. The summed E-state index contributed by atoms with van der Waals surface area (Å²) in [5, 5.41) is 10.9. The smallest absolute Gasteiger partial charge is 0.339 e. The van der Waals surface area contributed by atoms with E-state index in [4.69, 9.17) is 4.74 Å². The van der Waals surface area contributed by atoms with Crippen molar-refractivity contribution in [2.75, 3.05) is 5.32 Å². The molecule has 1 amide bonds. The van der Waals surface area contributed by atoms with E-state index in [2.05, 4.69) is 25.5 Å². The van der Waals surface area contributed by atoms with Crippen LogP contribution in [0.4, 0.5) is 5.95 Å². The predicted molar refractivity (Wildman–Crippen MR) is 107 cm³/mol. The fraction of sp³-hybridized carbons (Fsp3) is 0.273. The quantitative estimate of drug-likeness (QED) is 0.672. The molecule has 1 aliphatic heterocycles. The molecule has 1 fully saturated rings. The summed E-state index contributed by atoms with van der Waals surface area (Å²) in [4.78, 5) is 33.2. The number of amides is 1. The molecule has 0 unspecified atom stereocenters. The largest absolute Gasteiger partial charge is 0.450 e. The van der Waals surface area contributed by atoms with Crippen LogP contribution in [0.3, 0.4) is 0 Å². The Bertz CT molecular complexity index is 1090. The van der Waals surface area contributed by atoms with E-state index in [0.29, 0.717) is 36.9 Å². The lowest BCUT2D eigenvalue weighted by Crippen LogP contribution is -2.36. The molecule has 2 aliphatic rings. The number of ether oxygens (including phenoxy) is 1. The van der Waals surface area contributed by atoms with Crippen molar-refractivity contribution < 1.29 is 14.3 Å². The molecular formula is C22H19N5O3. The lowest BCUT2D eigenvalue weighted by molar-refractivity contribution is -0.122. The van der Waals surface area contributed by atoms with Crippen LogP contribution in [-0.4, -0.2) is 32.0 Å².